The molecular weight excluding hydrogens is 373 g/mol. The molecule has 0 unspecified atom stereocenters. The van der Waals surface area contributed by atoms with Crippen molar-refractivity contribution in [3.05, 3.63) is 69.4 Å². The van der Waals surface area contributed by atoms with Crippen LogP contribution in [0.2, 0.25) is 5.02 Å². The SMILES string of the molecule is O=C(Cn1ccccc1=O)NC[C@@H]1CNCCO[C@H]1c1ccc(Cl)c(F)c1. The number of nitrogens with one attached hydrogen (secondary N) is 2. The van der Waals surface area contributed by atoms with Crippen molar-refractivity contribution in [1.29, 1.82) is 0 Å². The molecule has 0 aliphatic carbocycles. The van der Waals surface area contributed by atoms with Crippen molar-refractivity contribution < 1.29 is 13.9 Å². The molecule has 8 heteroatoms. The number of benzene rings is 1. The summed E-state index contributed by atoms with van der Waals surface area (Å²) >= 11 is 5.77. The van der Waals surface area contributed by atoms with Crippen LogP contribution in [-0.2, 0) is 16.1 Å². The van der Waals surface area contributed by atoms with E-state index in [-0.39, 0.29) is 35.1 Å². The highest BCUT2D eigenvalue weighted by atomic mass is 35.5. The summed E-state index contributed by atoms with van der Waals surface area (Å²) in [6.07, 6.45) is 1.20. The second-order valence-corrected chi connectivity index (χ2v) is 6.81. The maximum atomic E-state index is 13.9. The number of ether oxygens (including phenoxy) is 1. The Hall–Kier alpha value is -2.22. The average Bonchev–Trinajstić information content (AvgIpc) is 2.90. The molecule has 2 aromatic rings. The van der Waals surface area contributed by atoms with Gasteiger partial charge in [0, 0.05) is 37.8 Å². The molecule has 1 aliphatic rings. The molecule has 0 saturated carbocycles. The molecule has 0 spiro atoms. The van der Waals surface area contributed by atoms with Gasteiger partial charge in [0.2, 0.25) is 5.91 Å². The van der Waals surface area contributed by atoms with E-state index >= 15 is 0 Å². The minimum absolute atomic E-state index is 0.0546. The second kappa shape index (κ2) is 9.12. The predicted molar refractivity (Wildman–Crippen MR) is 100 cm³/mol. The van der Waals surface area contributed by atoms with Gasteiger partial charge < -0.3 is 19.9 Å². The van der Waals surface area contributed by atoms with Crippen LogP contribution >= 0.6 is 11.6 Å². The Bertz CT molecular complexity index is 858. The van der Waals surface area contributed by atoms with Gasteiger partial charge in [-0.05, 0) is 23.8 Å². The molecule has 0 bridgehead atoms. The normalized spacial score (nSPS) is 20.1. The second-order valence-electron chi connectivity index (χ2n) is 6.40. The molecule has 1 saturated heterocycles. The topological polar surface area (TPSA) is 72.4 Å². The van der Waals surface area contributed by atoms with Gasteiger partial charge in [-0.25, -0.2) is 4.39 Å². The van der Waals surface area contributed by atoms with Gasteiger partial charge >= 0.3 is 0 Å². The van der Waals surface area contributed by atoms with Crippen LogP contribution in [0.15, 0.2) is 47.4 Å². The van der Waals surface area contributed by atoms with Crippen molar-refractivity contribution in [2.75, 3.05) is 26.2 Å². The summed E-state index contributed by atoms with van der Waals surface area (Å²) in [6, 6.07) is 9.34. The molecule has 1 aromatic carbocycles. The van der Waals surface area contributed by atoms with Gasteiger partial charge in [-0.1, -0.05) is 23.7 Å². The van der Waals surface area contributed by atoms with Crippen molar-refractivity contribution in [3.8, 4) is 0 Å². The van der Waals surface area contributed by atoms with E-state index in [0.717, 1.165) is 0 Å². The third kappa shape index (κ3) is 5.15. The number of amides is 1. The highest BCUT2D eigenvalue weighted by molar-refractivity contribution is 6.30. The van der Waals surface area contributed by atoms with Crippen LogP contribution in [0.3, 0.4) is 0 Å². The van der Waals surface area contributed by atoms with Crippen LogP contribution < -0.4 is 16.2 Å². The lowest BCUT2D eigenvalue weighted by atomic mass is 9.95. The molecule has 1 amide bonds. The Morgan fingerprint density at radius 1 is 1.37 bits per heavy atom. The Morgan fingerprint density at radius 3 is 3.00 bits per heavy atom. The van der Waals surface area contributed by atoms with Crippen molar-refractivity contribution >= 4 is 17.5 Å². The number of pyridine rings is 1. The number of carbonyl (C=O) groups is 1. The maximum Gasteiger partial charge on any atom is 0.250 e. The number of carbonyl (C=O) groups excluding carboxylic acids is 1. The molecule has 1 aromatic heterocycles. The quantitative estimate of drug-likeness (QED) is 0.811. The molecule has 1 aliphatic heterocycles. The summed E-state index contributed by atoms with van der Waals surface area (Å²) in [5.41, 5.74) is 0.445. The van der Waals surface area contributed by atoms with E-state index in [4.69, 9.17) is 16.3 Å². The molecule has 1 fully saturated rings. The summed E-state index contributed by atoms with van der Waals surface area (Å²) in [6.45, 7) is 2.05. The number of aromatic nitrogens is 1. The molecule has 2 atom stereocenters. The largest absolute Gasteiger partial charge is 0.372 e. The van der Waals surface area contributed by atoms with E-state index in [1.807, 2.05) is 0 Å². The van der Waals surface area contributed by atoms with Gasteiger partial charge in [-0.15, -0.1) is 0 Å². The summed E-state index contributed by atoms with van der Waals surface area (Å²) in [4.78, 5) is 23.9. The number of halogens is 2. The molecule has 2 N–H and O–H groups in total. The Balaban J connectivity index is 1.67. The fraction of sp³-hybridized carbons (Fsp3) is 0.368. The fourth-order valence-electron chi connectivity index (χ4n) is 3.07. The van der Waals surface area contributed by atoms with Crippen LogP contribution in [0.4, 0.5) is 4.39 Å². The highest BCUT2D eigenvalue weighted by Crippen LogP contribution is 2.29. The monoisotopic (exact) mass is 393 g/mol. The molecular formula is C19H21ClFN3O3. The molecule has 6 nitrogen and oxygen atoms in total. The van der Waals surface area contributed by atoms with Crippen LogP contribution in [-0.4, -0.2) is 36.7 Å². The smallest absolute Gasteiger partial charge is 0.250 e. The van der Waals surface area contributed by atoms with Crippen molar-refractivity contribution in [3.63, 3.8) is 0 Å². The van der Waals surface area contributed by atoms with Gasteiger partial charge in [0.05, 0.1) is 17.7 Å². The van der Waals surface area contributed by atoms with Crippen LogP contribution in [0.1, 0.15) is 11.7 Å². The maximum absolute atomic E-state index is 13.9. The van der Waals surface area contributed by atoms with Crippen molar-refractivity contribution in [2.45, 2.75) is 12.6 Å². The number of nitrogens with zero attached hydrogens (tertiary/aromatic N) is 1. The average molecular weight is 394 g/mol. The van der Waals surface area contributed by atoms with Gasteiger partial charge in [-0.3, -0.25) is 9.59 Å². The highest BCUT2D eigenvalue weighted by Gasteiger charge is 2.27. The summed E-state index contributed by atoms with van der Waals surface area (Å²) in [7, 11) is 0. The molecule has 2 heterocycles. The first-order chi connectivity index (χ1) is 13.0. The number of rotatable bonds is 5. The van der Waals surface area contributed by atoms with E-state index in [9.17, 15) is 14.0 Å². The lowest BCUT2D eigenvalue weighted by Gasteiger charge is -2.25. The van der Waals surface area contributed by atoms with E-state index in [2.05, 4.69) is 10.6 Å². The number of hydrogen-bond donors (Lipinski definition) is 2. The molecule has 27 heavy (non-hydrogen) atoms. The molecule has 3 rings (SSSR count). The zero-order chi connectivity index (χ0) is 19.2. The zero-order valence-electron chi connectivity index (χ0n) is 14.7. The minimum atomic E-state index is -0.499. The van der Waals surface area contributed by atoms with Gasteiger partial charge in [-0.2, -0.15) is 0 Å². The first-order valence-electron chi connectivity index (χ1n) is 8.74. The van der Waals surface area contributed by atoms with Crippen molar-refractivity contribution in [2.24, 2.45) is 5.92 Å². The van der Waals surface area contributed by atoms with Crippen LogP contribution in [0.25, 0.3) is 0 Å². The Kier molecular flexibility index (Phi) is 6.60. The molecule has 144 valence electrons. The third-order valence-corrected chi connectivity index (χ3v) is 4.76. The third-order valence-electron chi connectivity index (χ3n) is 4.46. The molecule has 0 radical (unpaired) electrons. The summed E-state index contributed by atoms with van der Waals surface area (Å²) in [5, 5.41) is 6.16. The van der Waals surface area contributed by atoms with Crippen LogP contribution in [0, 0.1) is 11.7 Å². The fourth-order valence-corrected chi connectivity index (χ4v) is 3.19. The lowest BCUT2D eigenvalue weighted by Crippen LogP contribution is -2.39. The Labute approximate surface area is 161 Å². The minimum Gasteiger partial charge on any atom is -0.372 e. The standard InChI is InChI=1S/C19H21ClFN3O3/c20-15-5-4-13(9-16(15)21)19-14(10-22-6-8-27-19)11-23-17(25)12-24-7-2-1-3-18(24)26/h1-5,7,9,14,19,22H,6,8,10-12H2,(H,23,25)/t14-,19-/m0/s1. The van der Waals surface area contributed by atoms with E-state index in [1.54, 1.807) is 24.4 Å². The number of hydrogen-bond acceptors (Lipinski definition) is 4. The van der Waals surface area contributed by atoms with Gasteiger partial charge in [0.25, 0.3) is 5.56 Å². The zero-order valence-corrected chi connectivity index (χ0v) is 15.4. The van der Waals surface area contributed by atoms with E-state index < -0.39 is 5.82 Å². The van der Waals surface area contributed by atoms with Gasteiger partial charge in [0.1, 0.15) is 12.4 Å². The Morgan fingerprint density at radius 2 is 2.22 bits per heavy atom. The van der Waals surface area contributed by atoms with Crippen LogP contribution in [0.5, 0.6) is 0 Å². The van der Waals surface area contributed by atoms with Gasteiger partial charge in [0.15, 0.2) is 0 Å². The van der Waals surface area contributed by atoms with Crippen molar-refractivity contribution in [1.82, 2.24) is 15.2 Å². The first-order valence-corrected chi connectivity index (χ1v) is 9.12. The predicted octanol–water partition coefficient (Wildman–Crippen LogP) is 1.73. The first kappa shape index (κ1) is 19.5. The van der Waals surface area contributed by atoms with E-state index in [1.165, 1.54) is 22.8 Å². The van der Waals surface area contributed by atoms with E-state index in [0.29, 0.717) is 31.8 Å². The lowest BCUT2D eigenvalue weighted by molar-refractivity contribution is -0.122. The summed E-state index contributed by atoms with van der Waals surface area (Å²) < 4.78 is 21.1. The summed E-state index contributed by atoms with van der Waals surface area (Å²) in [5.74, 6) is -0.862.